The van der Waals surface area contributed by atoms with E-state index in [1.807, 2.05) is 45.5 Å². The van der Waals surface area contributed by atoms with Crippen LogP contribution in [0.25, 0.3) is 10.9 Å². The maximum atomic E-state index is 11.3. The van der Waals surface area contributed by atoms with E-state index in [-0.39, 0.29) is 0 Å². The van der Waals surface area contributed by atoms with Crippen molar-refractivity contribution in [2.24, 2.45) is 0 Å². The van der Waals surface area contributed by atoms with Gasteiger partial charge in [0, 0.05) is 21.6 Å². The second kappa shape index (κ2) is 5.13. The lowest BCUT2D eigenvalue weighted by Crippen LogP contribution is -2.55. The van der Waals surface area contributed by atoms with Crippen LogP contribution in [0, 0.1) is 3.57 Å². The van der Waals surface area contributed by atoms with Crippen LogP contribution in [0.3, 0.4) is 0 Å². The van der Waals surface area contributed by atoms with Crippen molar-refractivity contribution in [2.45, 2.75) is 12.5 Å². The van der Waals surface area contributed by atoms with Crippen LogP contribution in [0.15, 0.2) is 24.4 Å². The zero-order valence-electron chi connectivity index (χ0n) is 11.2. The third kappa shape index (κ3) is 2.92. The molecule has 5 heteroatoms. The Bertz CT molecular complexity index is 613. The molecule has 0 spiro atoms. The number of carboxylic acids is 1. The number of benzene rings is 1. The number of aromatic amines is 1. The second-order valence-corrected chi connectivity index (χ2v) is 6.79. The van der Waals surface area contributed by atoms with Gasteiger partial charge in [0.05, 0.1) is 32.6 Å². The van der Waals surface area contributed by atoms with Crippen molar-refractivity contribution in [1.82, 2.24) is 4.98 Å². The standard InChI is InChI=1S/C14H17IN2O2/c1-17(2,3)12(14(18)19)7-9-8-16-13-10(9)5-4-6-11(13)15/h4-6,8,12,16H,7H2,1-3H3. The normalized spacial score (nSPS) is 13.7. The van der Waals surface area contributed by atoms with Crippen LogP contribution in [0.1, 0.15) is 5.56 Å². The van der Waals surface area contributed by atoms with Crippen LogP contribution in [-0.2, 0) is 11.2 Å². The molecule has 1 heterocycles. The first kappa shape index (κ1) is 14.3. The fourth-order valence-corrected chi connectivity index (χ4v) is 2.88. The molecule has 0 bridgehead atoms. The minimum absolute atomic E-state index is 0.346. The van der Waals surface area contributed by atoms with Crippen LogP contribution in [0.5, 0.6) is 0 Å². The van der Waals surface area contributed by atoms with Crippen LogP contribution < -0.4 is 5.11 Å². The van der Waals surface area contributed by atoms with Crippen LogP contribution >= 0.6 is 22.6 Å². The Morgan fingerprint density at radius 2 is 2.11 bits per heavy atom. The van der Waals surface area contributed by atoms with Crippen molar-refractivity contribution in [1.29, 1.82) is 0 Å². The Hall–Kier alpha value is -1.08. The summed E-state index contributed by atoms with van der Waals surface area (Å²) in [6.07, 6.45) is 2.37. The molecule has 0 aliphatic heterocycles. The highest BCUT2D eigenvalue weighted by Gasteiger charge is 2.26. The summed E-state index contributed by atoms with van der Waals surface area (Å²) in [5.41, 5.74) is 2.09. The number of quaternary nitrogens is 1. The highest BCUT2D eigenvalue weighted by atomic mass is 127. The molecule has 4 nitrogen and oxygen atoms in total. The molecule has 1 aromatic heterocycles. The second-order valence-electron chi connectivity index (χ2n) is 5.63. The van der Waals surface area contributed by atoms with E-state index in [2.05, 4.69) is 27.6 Å². The number of para-hydroxylation sites is 1. The number of hydrogen-bond donors (Lipinski definition) is 1. The van der Waals surface area contributed by atoms with Gasteiger partial charge in [-0.1, -0.05) is 12.1 Å². The molecule has 2 aromatic rings. The molecule has 0 fully saturated rings. The Morgan fingerprint density at radius 3 is 2.68 bits per heavy atom. The summed E-state index contributed by atoms with van der Waals surface area (Å²) in [5.74, 6) is -1.01. The lowest BCUT2D eigenvalue weighted by molar-refractivity contribution is -0.889. The number of fused-ring (bicyclic) bond motifs is 1. The van der Waals surface area contributed by atoms with Gasteiger partial charge in [-0.05, 0) is 34.2 Å². The van der Waals surface area contributed by atoms with Gasteiger partial charge >= 0.3 is 0 Å². The largest absolute Gasteiger partial charge is 0.544 e. The Labute approximate surface area is 126 Å². The van der Waals surface area contributed by atoms with Gasteiger partial charge in [0.1, 0.15) is 6.04 Å². The lowest BCUT2D eigenvalue weighted by Gasteiger charge is -2.34. The zero-order chi connectivity index (χ0) is 14.2. The van der Waals surface area contributed by atoms with Crippen LogP contribution in [0.4, 0.5) is 0 Å². The molecule has 0 radical (unpaired) electrons. The lowest BCUT2D eigenvalue weighted by atomic mass is 10.0. The van der Waals surface area contributed by atoms with Crippen LogP contribution in [-0.4, -0.2) is 42.6 Å². The number of nitrogens with zero attached hydrogens (tertiary/aromatic N) is 1. The van der Waals surface area contributed by atoms with Crippen molar-refractivity contribution in [3.8, 4) is 0 Å². The van der Waals surface area contributed by atoms with Gasteiger partial charge in [0.2, 0.25) is 0 Å². The molecule has 102 valence electrons. The quantitative estimate of drug-likeness (QED) is 0.647. The van der Waals surface area contributed by atoms with Gasteiger partial charge in [-0.3, -0.25) is 0 Å². The Balaban J connectivity index is 2.40. The van der Waals surface area contributed by atoms with Gasteiger partial charge in [-0.25, -0.2) is 0 Å². The SMILES string of the molecule is C[N+](C)(C)C(Cc1c[nH]c2c(I)cccc12)C(=O)[O-]. The maximum Gasteiger partial charge on any atom is 0.133 e. The predicted molar refractivity (Wildman–Crippen MR) is 81.5 cm³/mol. The molecule has 2 rings (SSSR count). The number of carbonyl (C=O) groups excluding carboxylic acids is 1. The van der Waals surface area contributed by atoms with E-state index >= 15 is 0 Å². The molecule has 0 aliphatic carbocycles. The van der Waals surface area contributed by atoms with E-state index in [0.29, 0.717) is 10.9 Å². The maximum absolute atomic E-state index is 11.3. The summed E-state index contributed by atoms with van der Waals surface area (Å²) in [7, 11) is 5.62. The highest BCUT2D eigenvalue weighted by molar-refractivity contribution is 14.1. The average molecular weight is 372 g/mol. The first-order valence-corrected chi connectivity index (χ1v) is 7.15. The van der Waals surface area contributed by atoms with E-state index in [0.717, 1.165) is 20.0 Å². The number of carboxylic acid groups (broad SMARTS) is 1. The molecule has 1 unspecified atom stereocenters. The zero-order valence-corrected chi connectivity index (χ0v) is 13.4. The monoisotopic (exact) mass is 372 g/mol. The van der Waals surface area contributed by atoms with Crippen molar-refractivity contribution < 1.29 is 14.4 Å². The molecule has 1 N–H and O–H groups in total. The van der Waals surface area contributed by atoms with E-state index in [4.69, 9.17) is 0 Å². The minimum Gasteiger partial charge on any atom is -0.544 e. The van der Waals surface area contributed by atoms with Crippen molar-refractivity contribution in [2.75, 3.05) is 21.1 Å². The summed E-state index contributed by atoms with van der Waals surface area (Å²) in [6.45, 7) is 0. The first-order chi connectivity index (χ1) is 8.80. The number of nitrogens with one attached hydrogen (secondary N) is 1. The molecule has 19 heavy (non-hydrogen) atoms. The predicted octanol–water partition coefficient (Wildman–Crippen LogP) is 1.14. The summed E-state index contributed by atoms with van der Waals surface area (Å²) < 4.78 is 1.48. The number of rotatable bonds is 4. The van der Waals surface area contributed by atoms with Gasteiger partial charge < -0.3 is 19.4 Å². The topological polar surface area (TPSA) is 55.9 Å². The minimum atomic E-state index is -1.01. The number of carbonyl (C=O) groups is 1. The molecule has 1 aromatic carbocycles. The van der Waals surface area contributed by atoms with Gasteiger partial charge in [0.15, 0.2) is 0 Å². The molecule has 0 aliphatic rings. The third-order valence-corrected chi connectivity index (χ3v) is 4.27. The fourth-order valence-electron chi connectivity index (χ4n) is 2.23. The van der Waals surface area contributed by atoms with Gasteiger partial charge in [-0.15, -0.1) is 0 Å². The number of halogens is 1. The Morgan fingerprint density at radius 1 is 1.42 bits per heavy atom. The fraction of sp³-hybridized carbons (Fsp3) is 0.357. The molecule has 0 saturated heterocycles. The molecule has 0 saturated carbocycles. The van der Waals surface area contributed by atoms with E-state index in [1.54, 1.807) is 0 Å². The Kier molecular flexibility index (Phi) is 3.87. The molecule has 1 atom stereocenters. The number of aromatic nitrogens is 1. The molecular weight excluding hydrogens is 355 g/mol. The molecular formula is C14H17IN2O2. The average Bonchev–Trinajstić information content (AvgIpc) is 2.68. The summed E-state index contributed by atoms with van der Waals surface area (Å²) >= 11 is 2.27. The van der Waals surface area contributed by atoms with E-state index in [9.17, 15) is 9.90 Å². The van der Waals surface area contributed by atoms with Crippen molar-refractivity contribution in [3.63, 3.8) is 0 Å². The number of H-pyrrole nitrogens is 1. The number of aliphatic carboxylic acids is 1. The first-order valence-electron chi connectivity index (χ1n) is 6.07. The third-order valence-electron chi connectivity index (χ3n) is 3.37. The number of hydrogen-bond acceptors (Lipinski definition) is 2. The highest BCUT2D eigenvalue weighted by Crippen LogP contribution is 2.25. The summed E-state index contributed by atoms with van der Waals surface area (Å²) in [6, 6.07) is 5.48. The van der Waals surface area contributed by atoms with Crippen molar-refractivity contribution in [3.05, 3.63) is 33.5 Å². The molecule has 0 amide bonds. The van der Waals surface area contributed by atoms with Gasteiger partial charge in [0.25, 0.3) is 0 Å². The smallest absolute Gasteiger partial charge is 0.133 e. The van der Waals surface area contributed by atoms with Crippen LogP contribution in [0.2, 0.25) is 0 Å². The summed E-state index contributed by atoms with van der Waals surface area (Å²) in [5, 5.41) is 12.4. The van der Waals surface area contributed by atoms with E-state index < -0.39 is 12.0 Å². The van der Waals surface area contributed by atoms with E-state index in [1.165, 1.54) is 0 Å². The summed E-state index contributed by atoms with van der Waals surface area (Å²) in [4.78, 5) is 14.6. The van der Waals surface area contributed by atoms with Crippen molar-refractivity contribution >= 4 is 39.5 Å². The van der Waals surface area contributed by atoms with Gasteiger partial charge in [-0.2, -0.15) is 0 Å². The number of likely N-dealkylation sites (N-methyl/N-ethyl adjacent to an activating group) is 1.